The molecule has 2 amide bonds. The maximum atomic E-state index is 12.0. The number of urea groups is 1. The number of amides is 2. The fourth-order valence-electron chi connectivity index (χ4n) is 1.89. The standard InChI is InChI=1S/C13H20N2O3S/c1-10(11-6-5-9-19-11)15(2)13(16)14-18-12-7-3-4-8-17-12/h5-6,9-10,12H,3-4,7-8H2,1-2H3,(H,14,16)/t10-,12-/m1/s1. The van der Waals surface area contributed by atoms with Gasteiger partial charge < -0.3 is 9.64 Å². The van der Waals surface area contributed by atoms with Crippen LogP contribution in [0.1, 0.15) is 37.1 Å². The first-order valence-corrected chi connectivity index (χ1v) is 7.40. The van der Waals surface area contributed by atoms with Crippen molar-refractivity contribution in [3.8, 4) is 0 Å². The highest BCUT2D eigenvalue weighted by Crippen LogP contribution is 2.23. The number of nitrogens with zero attached hydrogens (tertiary/aromatic N) is 1. The maximum absolute atomic E-state index is 12.0. The summed E-state index contributed by atoms with van der Waals surface area (Å²) >= 11 is 1.64. The van der Waals surface area contributed by atoms with Crippen molar-refractivity contribution in [3.63, 3.8) is 0 Å². The topological polar surface area (TPSA) is 50.8 Å². The van der Waals surface area contributed by atoms with Crippen LogP contribution >= 0.6 is 11.3 Å². The minimum atomic E-state index is -0.317. The third-order valence-electron chi connectivity index (χ3n) is 3.27. The van der Waals surface area contributed by atoms with Gasteiger partial charge in [0, 0.05) is 25.0 Å². The normalized spacial score (nSPS) is 20.8. The number of ether oxygens (including phenoxy) is 1. The van der Waals surface area contributed by atoms with E-state index in [1.807, 2.05) is 24.4 Å². The van der Waals surface area contributed by atoms with Gasteiger partial charge in [0.05, 0.1) is 6.04 Å². The quantitative estimate of drug-likeness (QED) is 0.865. The monoisotopic (exact) mass is 284 g/mol. The van der Waals surface area contributed by atoms with Gasteiger partial charge in [-0.1, -0.05) is 6.07 Å². The Kier molecular flexibility index (Phi) is 5.18. The highest BCUT2D eigenvalue weighted by atomic mass is 32.1. The molecule has 1 N–H and O–H groups in total. The maximum Gasteiger partial charge on any atom is 0.341 e. The third-order valence-corrected chi connectivity index (χ3v) is 4.31. The van der Waals surface area contributed by atoms with Gasteiger partial charge in [-0.3, -0.25) is 0 Å². The number of thiophene rings is 1. The summed E-state index contributed by atoms with van der Waals surface area (Å²) in [7, 11) is 1.75. The number of hydrogen-bond acceptors (Lipinski definition) is 4. The second-order valence-electron chi connectivity index (χ2n) is 4.62. The van der Waals surface area contributed by atoms with Crippen LogP contribution in [0.25, 0.3) is 0 Å². The van der Waals surface area contributed by atoms with Gasteiger partial charge in [-0.25, -0.2) is 15.1 Å². The van der Waals surface area contributed by atoms with E-state index in [0.717, 1.165) is 24.1 Å². The molecule has 1 saturated heterocycles. The molecule has 106 valence electrons. The molecule has 2 atom stereocenters. The first-order valence-electron chi connectivity index (χ1n) is 6.52. The number of nitrogens with one attached hydrogen (secondary N) is 1. The Balaban J connectivity index is 1.78. The average Bonchev–Trinajstić information content (AvgIpc) is 2.98. The first-order chi connectivity index (χ1) is 9.18. The number of carbonyl (C=O) groups is 1. The molecule has 0 saturated carbocycles. The van der Waals surface area contributed by atoms with E-state index in [1.165, 1.54) is 0 Å². The third kappa shape index (κ3) is 3.92. The van der Waals surface area contributed by atoms with Gasteiger partial charge in [-0.15, -0.1) is 11.3 Å². The summed E-state index contributed by atoms with van der Waals surface area (Å²) < 4.78 is 5.39. The molecule has 19 heavy (non-hydrogen) atoms. The highest BCUT2D eigenvalue weighted by Gasteiger charge is 2.20. The molecule has 0 aliphatic carbocycles. The predicted octanol–water partition coefficient (Wildman–Crippen LogP) is 2.91. The van der Waals surface area contributed by atoms with E-state index in [4.69, 9.17) is 9.57 Å². The lowest BCUT2D eigenvalue weighted by Gasteiger charge is -2.26. The minimum Gasteiger partial charge on any atom is -0.350 e. The van der Waals surface area contributed by atoms with Crippen LogP contribution in [0.3, 0.4) is 0 Å². The van der Waals surface area contributed by atoms with Crippen LogP contribution in [-0.4, -0.2) is 30.9 Å². The lowest BCUT2D eigenvalue weighted by molar-refractivity contribution is -0.187. The molecular weight excluding hydrogens is 264 g/mol. The van der Waals surface area contributed by atoms with Crippen molar-refractivity contribution < 1.29 is 14.4 Å². The Morgan fingerprint density at radius 2 is 2.47 bits per heavy atom. The summed E-state index contributed by atoms with van der Waals surface area (Å²) in [6.45, 7) is 2.69. The van der Waals surface area contributed by atoms with Crippen LogP contribution in [0.4, 0.5) is 4.79 Å². The van der Waals surface area contributed by atoms with Gasteiger partial charge in [0.15, 0.2) is 6.29 Å². The van der Waals surface area contributed by atoms with Gasteiger partial charge in [0.25, 0.3) is 0 Å². The zero-order valence-electron chi connectivity index (χ0n) is 11.3. The number of hydroxylamine groups is 1. The molecular formula is C13H20N2O3S. The fourth-order valence-corrected chi connectivity index (χ4v) is 2.71. The van der Waals surface area contributed by atoms with E-state index < -0.39 is 0 Å². The fraction of sp³-hybridized carbons (Fsp3) is 0.615. The molecule has 2 rings (SSSR count). The van der Waals surface area contributed by atoms with Crippen molar-refractivity contribution in [3.05, 3.63) is 22.4 Å². The molecule has 0 bridgehead atoms. The van der Waals surface area contributed by atoms with Crippen LogP contribution in [0.15, 0.2) is 17.5 Å². The van der Waals surface area contributed by atoms with Gasteiger partial charge in [-0.05, 0) is 31.2 Å². The van der Waals surface area contributed by atoms with Crippen molar-refractivity contribution in [2.45, 2.75) is 38.5 Å². The molecule has 0 spiro atoms. The molecule has 1 aromatic heterocycles. The Bertz CT molecular complexity index is 391. The van der Waals surface area contributed by atoms with E-state index in [-0.39, 0.29) is 18.4 Å². The van der Waals surface area contributed by atoms with Crippen LogP contribution in [0.5, 0.6) is 0 Å². The summed E-state index contributed by atoms with van der Waals surface area (Å²) in [6.07, 6.45) is 2.64. The summed E-state index contributed by atoms with van der Waals surface area (Å²) in [5.41, 5.74) is 2.46. The average molecular weight is 284 g/mol. The molecule has 6 heteroatoms. The first kappa shape index (κ1) is 14.3. The molecule has 1 aliphatic rings. The number of carbonyl (C=O) groups excluding carboxylic acids is 1. The van der Waals surface area contributed by atoms with Crippen molar-refractivity contribution in [2.24, 2.45) is 0 Å². The molecule has 2 heterocycles. The SMILES string of the molecule is C[C@H](c1cccs1)N(C)C(=O)NO[C@@H]1CCCCO1. The zero-order chi connectivity index (χ0) is 13.7. The molecule has 0 radical (unpaired) electrons. The van der Waals surface area contributed by atoms with Gasteiger partial charge in [0.2, 0.25) is 0 Å². The smallest absolute Gasteiger partial charge is 0.341 e. The summed E-state index contributed by atoms with van der Waals surface area (Å²) in [5, 5.41) is 2.00. The van der Waals surface area contributed by atoms with Crippen LogP contribution < -0.4 is 5.48 Å². The molecule has 1 fully saturated rings. The molecule has 0 aromatic carbocycles. The Hall–Kier alpha value is -1.11. The van der Waals surface area contributed by atoms with Gasteiger partial charge in [0.1, 0.15) is 0 Å². The van der Waals surface area contributed by atoms with E-state index in [0.29, 0.717) is 6.61 Å². The van der Waals surface area contributed by atoms with E-state index in [2.05, 4.69) is 5.48 Å². The molecule has 1 aliphatic heterocycles. The Labute approximate surface area is 117 Å². The Morgan fingerprint density at radius 1 is 1.63 bits per heavy atom. The van der Waals surface area contributed by atoms with Gasteiger partial charge >= 0.3 is 6.03 Å². The molecule has 5 nitrogen and oxygen atoms in total. The summed E-state index contributed by atoms with van der Waals surface area (Å²) in [6, 6.07) is 3.77. The predicted molar refractivity (Wildman–Crippen MR) is 73.7 cm³/mol. The summed E-state index contributed by atoms with van der Waals surface area (Å²) in [4.78, 5) is 20.0. The Morgan fingerprint density at radius 3 is 3.11 bits per heavy atom. The second-order valence-corrected chi connectivity index (χ2v) is 5.60. The van der Waals surface area contributed by atoms with Crippen molar-refractivity contribution >= 4 is 17.4 Å². The molecule has 0 unspecified atom stereocenters. The highest BCUT2D eigenvalue weighted by molar-refractivity contribution is 7.10. The van der Waals surface area contributed by atoms with Crippen LogP contribution in [-0.2, 0) is 9.57 Å². The lowest BCUT2D eigenvalue weighted by Crippen LogP contribution is -2.41. The summed E-state index contributed by atoms with van der Waals surface area (Å²) in [5.74, 6) is 0. The minimum absolute atomic E-state index is 0.0240. The molecule has 1 aromatic rings. The number of hydrogen-bond donors (Lipinski definition) is 1. The van der Waals surface area contributed by atoms with E-state index >= 15 is 0 Å². The lowest BCUT2D eigenvalue weighted by atomic mass is 10.2. The van der Waals surface area contributed by atoms with Crippen molar-refractivity contribution in [1.82, 2.24) is 10.4 Å². The second kappa shape index (κ2) is 6.88. The van der Waals surface area contributed by atoms with E-state index in [1.54, 1.807) is 23.3 Å². The van der Waals surface area contributed by atoms with Crippen molar-refractivity contribution in [1.29, 1.82) is 0 Å². The largest absolute Gasteiger partial charge is 0.350 e. The van der Waals surface area contributed by atoms with E-state index in [9.17, 15) is 4.79 Å². The van der Waals surface area contributed by atoms with Crippen molar-refractivity contribution in [2.75, 3.05) is 13.7 Å². The van der Waals surface area contributed by atoms with Crippen LogP contribution in [0, 0.1) is 0 Å². The van der Waals surface area contributed by atoms with Crippen LogP contribution in [0.2, 0.25) is 0 Å². The number of rotatable bonds is 4. The van der Waals surface area contributed by atoms with Gasteiger partial charge in [-0.2, -0.15) is 0 Å². The zero-order valence-corrected chi connectivity index (χ0v) is 12.1.